The number of pyridine rings is 1. The first kappa shape index (κ1) is 11.7. The van der Waals surface area contributed by atoms with Crippen LogP contribution in [0.15, 0.2) is 18.3 Å². The van der Waals surface area contributed by atoms with E-state index in [0.29, 0.717) is 0 Å². The van der Waals surface area contributed by atoms with E-state index < -0.39 is 0 Å². The van der Waals surface area contributed by atoms with Gasteiger partial charge in [-0.05, 0) is 62.1 Å². The van der Waals surface area contributed by atoms with Gasteiger partial charge in [-0.25, -0.2) is 0 Å². The number of hydrogen-bond acceptors (Lipinski definition) is 3. The Morgan fingerprint density at radius 3 is 2.67 bits per heavy atom. The van der Waals surface area contributed by atoms with Gasteiger partial charge in [0.15, 0.2) is 0 Å². The third-order valence-corrected chi connectivity index (χ3v) is 4.97. The van der Waals surface area contributed by atoms with Crippen molar-refractivity contribution in [2.75, 3.05) is 7.11 Å². The number of ether oxygens (including phenoxy) is 1. The molecule has 0 aliphatic heterocycles. The Morgan fingerprint density at radius 1 is 1.33 bits per heavy atom. The number of esters is 1. The molecule has 0 spiro atoms. The molecule has 2 saturated carbocycles. The fourth-order valence-corrected chi connectivity index (χ4v) is 3.97. The summed E-state index contributed by atoms with van der Waals surface area (Å²) in [5.74, 6) is -0.00680. The van der Waals surface area contributed by atoms with E-state index in [0.717, 1.165) is 37.8 Å². The van der Waals surface area contributed by atoms with Crippen molar-refractivity contribution < 1.29 is 9.53 Å². The molecule has 0 unspecified atom stereocenters. The molecule has 1 heterocycles. The highest BCUT2D eigenvalue weighted by atomic mass is 16.5. The normalized spacial score (nSPS) is 33.7. The highest BCUT2D eigenvalue weighted by Gasteiger charge is 2.59. The van der Waals surface area contributed by atoms with E-state index in [1.165, 1.54) is 12.7 Å². The van der Waals surface area contributed by atoms with Crippen molar-refractivity contribution in [1.82, 2.24) is 4.98 Å². The number of nitrogens with zero attached hydrogens (tertiary/aromatic N) is 1. The number of rotatable bonds is 2. The Balaban J connectivity index is 1.94. The summed E-state index contributed by atoms with van der Waals surface area (Å²) in [4.78, 5) is 16.3. The summed E-state index contributed by atoms with van der Waals surface area (Å²) in [6.45, 7) is 2.03. The quantitative estimate of drug-likeness (QED) is 0.752. The highest BCUT2D eigenvalue weighted by Crippen LogP contribution is 2.62. The molecular formula is C15H19NO2. The Hall–Kier alpha value is -1.38. The predicted molar refractivity (Wildman–Crippen MR) is 68.2 cm³/mol. The van der Waals surface area contributed by atoms with Gasteiger partial charge in [-0.2, -0.15) is 0 Å². The zero-order chi connectivity index (χ0) is 12.8. The van der Waals surface area contributed by atoms with Crippen LogP contribution in [-0.4, -0.2) is 18.1 Å². The van der Waals surface area contributed by atoms with Crippen LogP contribution in [-0.2, 0) is 14.9 Å². The van der Waals surface area contributed by atoms with E-state index in [1.54, 1.807) is 0 Å². The number of aromatic nitrogens is 1. The molecule has 3 nitrogen and oxygen atoms in total. The number of aryl methyl sites for hydroxylation is 1. The van der Waals surface area contributed by atoms with E-state index >= 15 is 0 Å². The van der Waals surface area contributed by atoms with Gasteiger partial charge >= 0.3 is 5.97 Å². The van der Waals surface area contributed by atoms with Gasteiger partial charge in [0.2, 0.25) is 0 Å². The van der Waals surface area contributed by atoms with Crippen LogP contribution in [0.1, 0.15) is 43.4 Å². The second-order valence-electron chi connectivity index (χ2n) is 5.91. The minimum atomic E-state index is -0.202. The smallest absolute Gasteiger partial charge is 0.311 e. The first-order valence-electron chi connectivity index (χ1n) is 6.62. The molecule has 0 radical (unpaired) electrons. The zero-order valence-electron chi connectivity index (χ0n) is 11.0. The molecule has 0 N–H and O–H groups in total. The van der Waals surface area contributed by atoms with Crippen molar-refractivity contribution in [2.45, 2.75) is 44.4 Å². The average Bonchev–Trinajstić information content (AvgIpc) is 2.96. The maximum atomic E-state index is 12.0. The Morgan fingerprint density at radius 2 is 2.06 bits per heavy atom. The maximum Gasteiger partial charge on any atom is 0.311 e. The lowest BCUT2D eigenvalue weighted by atomic mass is 9.77. The van der Waals surface area contributed by atoms with Gasteiger partial charge in [-0.1, -0.05) is 0 Å². The second-order valence-corrected chi connectivity index (χ2v) is 5.91. The van der Waals surface area contributed by atoms with Crippen LogP contribution in [0.3, 0.4) is 0 Å². The fourth-order valence-electron chi connectivity index (χ4n) is 3.97. The summed E-state index contributed by atoms with van der Waals surface area (Å²) in [5, 5.41) is 0. The van der Waals surface area contributed by atoms with Crippen LogP contribution in [0.4, 0.5) is 0 Å². The molecule has 18 heavy (non-hydrogen) atoms. The summed E-state index contributed by atoms with van der Waals surface area (Å²) in [5.41, 5.74) is 2.41. The summed E-state index contributed by atoms with van der Waals surface area (Å²) in [7, 11) is 1.51. The van der Waals surface area contributed by atoms with E-state index in [4.69, 9.17) is 4.74 Å². The van der Waals surface area contributed by atoms with Crippen LogP contribution in [0, 0.1) is 12.3 Å². The second kappa shape index (κ2) is 3.81. The first-order chi connectivity index (χ1) is 8.60. The summed E-state index contributed by atoms with van der Waals surface area (Å²) >= 11 is 0. The van der Waals surface area contributed by atoms with E-state index in [2.05, 4.69) is 17.1 Å². The Labute approximate surface area is 108 Å². The first-order valence-corrected chi connectivity index (χ1v) is 6.62. The molecule has 2 aliphatic carbocycles. The standard InChI is InChI=1S/C15H19NO2/c1-11-9-12(3-8-16-11)14-4-6-15(10-14,7-5-14)13(17)18-2/h3,8-9H,4-7,10H2,1-2H3. The molecule has 3 rings (SSSR count). The lowest BCUT2D eigenvalue weighted by Crippen LogP contribution is -2.27. The number of carbonyl (C=O) groups excluding carboxylic acids is 1. The van der Waals surface area contributed by atoms with Crippen molar-refractivity contribution in [3.05, 3.63) is 29.6 Å². The van der Waals surface area contributed by atoms with Gasteiger partial charge in [-0.3, -0.25) is 9.78 Å². The maximum absolute atomic E-state index is 12.0. The summed E-state index contributed by atoms with van der Waals surface area (Å²) in [6.07, 6.45) is 6.99. The molecule has 96 valence electrons. The monoisotopic (exact) mass is 245 g/mol. The molecule has 0 aromatic carbocycles. The summed E-state index contributed by atoms with van der Waals surface area (Å²) < 4.78 is 5.01. The van der Waals surface area contributed by atoms with Crippen LogP contribution >= 0.6 is 0 Å². The minimum absolute atomic E-state index is 0.00680. The molecule has 1 aromatic heterocycles. The average molecular weight is 245 g/mol. The van der Waals surface area contributed by atoms with Crippen LogP contribution in [0.2, 0.25) is 0 Å². The third-order valence-electron chi connectivity index (χ3n) is 4.97. The van der Waals surface area contributed by atoms with Gasteiger partial charge in [0.1, 0.15) is 0 Å². The number of fused-ring (bicyclic) bond motifs is 2. The molecule has 0 amide bonds. The lowest BCUT2D eigenvalue weighted by Gasteiger charge is -2.27. The van der Waals surface area contributed by atoms with Gasteiger partial charge in [-0.15, -0.1) is 0 Å². The van der Waals surface area contributed by atoms with Gasteiger partial charge in [0.25, 0.3) is 0 Å². The van der Waals surface area contributed by atoms with Crippen molar-refractivity contribution in [3.63, 3.8) is 0 Å². The van der Waals surface area contributed by atoms with Crippen LogP contribution < -0.4 is 0 Å². The van der Waals surface area contributed by atoms with E-state index in [9.17, 15) is 4.79 Å². The van der Waals surface area contributed by atoms with Crippen LogP contribution in [0.5, 0.6) is 0 Å². The van der Waals surface area contributed by atoms with E-state index in [-0.39, 0.29) is 16.8 Å². The Kier molecular flexibility index (Phi) is 2.47. The van der Waals surface area contributed by atoms with Crippen molar-refractivity contribution in [2.24, 2.45) is 5.41 Å². The molecule has 2 bridgehead atoms. The van der Waals surface area contributed by atoms with Crippen molar-refractivity contribution >= 4 is 5.97 Å². The van der Waals surface area contributed by atoms with Crippen molar-refractivity contribution in [3.8, 4) is 0 Å². The fraction of sp³-hybridized carbons (Fsp3) is 0.600. The van der Waals surface area contributed by atoms with Gasteiger partial charge in [0, 0.05) is 11.9 Å². The molecule has 1 aromatic rings. The largest absolute Gasteiger partial charge is 0.469 e. The number of methoxy groups -OCH3 is 1. The van der Waals surface area contributed by atoms with E-state index in [1.807, 2.05) is 13.1 Å². The minimum Gasteiger partial charge on any atom is -0.469 e. The van der Waals surface area contributed by atoms with Gasteiger partial charge < -0.3 is 4.74 Å². The Bertz CT molecular complexity index is 487. The third kappa shape index (κ3) is 1.49. The van der Waals surface area contributed by atoms with Crippen molar-refractivity contribution in [1.29, 1.82) is 0 Å². The molecule has 2 fully saturated rings. The highest BCUT2D eigenvalue weighted by molar-refractivity contribution is 5.78. The lowest BCUT2D eigenvalue weighted by molar-refractivity contribution is -0.152. The molecule has 2 aliphatic rings. The molecule has 0 saturated heterocycles. The zero-order valence-corrected chi connectivity index (χ0v) is 11.0. The molecule has 0 atom stereocenters. The number of hydrogen-bond donors (Lipinski definition) is 0. The molecular weight excluding hydrogens is 226 g/mol. The number of carbonyl (C=O) groups is 1. The van der Waals surface area contributed by atoms with Crippen LogP contribution in [0.25, 0.3) is 0 Å². The molecule has 3 heteroatoms. The SMILES string of the molecule is COC(=O)C12CCC(c3ccnc(C)c3)(CC1)C2. The predicted octanol–water partition coefficient (Wildman–Crippen LogP) is 2.76. The summed E-state index contributed by atoms with van der Waals surface area (Å²) in [6, 6.07) is 4.30. The van der Waals surface area contributed by atoms with Gasteiger partial charge in [0.05, 0.1) is 12.5 Å². The topological polar surface area (TPSA) is 39.2 Å².